The minimum Gasteiger partial charge on any atom is -0.440 e. The SMILES string of the molecule is Cc1ncoc1-c1nnc(SCCCN2C[C@H]3C[C@@]3(c3cccc4ncccc34)C2)n1C. The molecule has 1 aliphatic heterocycles. The molecule has 3 aromatic heterocycles. The lowest BCUT2D eigenvalue weighted by molar-refractivity contribution is 0.300. The second-order valence-electron chi connectivity index (χ2n) is 9.00. The van der Waals surface area contributed by atoms with E-state index in [4.69, 9.17) is 4.42 Å². The summed E-state index contributed by atoms with van der Waals surface area (Å²) >= 11 is 1.76. The molecule has 0 unspecified atom stereocenters. The minimum absolute atomic E-state index is 0.336. The average Bonchev–Trinajstić information content (AvgIpc) is 3.10. The first-order chi connectivity index (χ1) is 15.7. The fourth-order valence-electron chi connectivity index (χ4n) is 5.32. The van der Waals surface area contributed by atoms with E-state index in [0.29, 0.717) is 11.2 Å². The molecule has 6 rings (SSSR count). The summed E-state index contributed by atoms with van der Waals surface area (Å²) in [7, 11) is 1.98. The molecule has 0 spiro atoms. The van der Waals surface area contributed by atoms with Crippen LogP contribution in [0, 0.1) is 12.8 Å². The van der Waals surface area contributed by atoms with Crippen molar-refractivity contribution in [2.45, 2.75) is 30.3 Å². The number of aryl methyl sites for hydroxylation is 1. The first-order valence-corrected chi connectivity index (χ1v) is 12.1. The molecule has 0 N–H and O–H groups in total. The van der Waals surface area contributed by atoms with Gasteiger partial charge in [0.1, 0.15) is 0 Å². The highest BCUT2D eigenvalue weighted by atomic mass is 32.2. The van der Waals surface area contributed by atoms with Crippen molar-refractivity contribution < 1.29 is 4.42 Å². The van der Waals surface area contributed by atoms with E-state index in [0.717, 1.165) is 53.4 Å². The molecule has 4 heterocycles. The number of aromatic nitrogens is 5. The molecular weight excluding hydrogens is 420 g/mol. The normalized spacial score (nSPS) is 22.5. The number of nitrogens with zero attached hydrogens (tertiary/aromatic N) is 6. The van der Waals surface area contributed by atoms with Crippen molar-refractivity contribution in [1.29, 1.82) is 0 Å². The van der Waals surface area contributed by atoms with Gasteiger partial charge in [-0.05, 0) is 49.9 Å². The number of benzene rings is 1. The van der Waals surface area contributed by atoms with Gasteiger partial charge in [-0.15, -0.1) is 10.2 Å². The zero-order valence-corrected chi connectivity index (χ0v) is 19.2. The van der Waals surface area contributed by atoms with Crippen molar-refractivity contribution in [2.24, 2.45) is 13.0 Å². The lowest BCUT2D eigenvalue weighted by Gasteiger charge is -2.21. The van der Waals surface area contributed by atoms with Crippen LogP contribution >= 0.6 is 11.8 Å². The van der Waals surface area contributed by atoms with Crippen LogP contribution in [-0.4, -0.2) is 55.0 Å². The molecule has 7 nitrogen and oxygen atoms in total. The molecule has 0 bridgehead atoms. The number of hydrogen-bond donors (Lipinski definition) is 0. The number of pyridine rings is 1. The summed E-state index contributed by atoms with van der Waals surface area (Å²) in [5.41, 5.74) is 3.78. The van der Waals surface area contributed by atoms with Gasteiger partial charge in [-0.25, -0.2) is 4.98 Å². The summed E-state index contributed by atoms with van der Waals surface area (Å²) in [5.74, 6) is 3.23. The van der Waals surface area contributed by atoms with Gasteiger partial charge in [-0.2, -0.15) is 0 Å². The topological polar surface area (TPSA) is 72.9 Å². The molecule has 1 aliphatic carbocycles. The van der Waals surface area contributed by atoms with E-state index in [1.165, 1.54) is 30.3 Å². The third-order valence-corrected chi connectivity index (χ3v) is 8.14. The standard InChI is InChI=1S/C24H26N6OS/c1-16-21(31-15-26-16)22-27-28-23(29(22)2)32-11-5-10-30-13-17-12-24(17,14-30)19-7-3-8-20-18(19)6-4-9-25-20/h3-4,6-9,15,17H,5,10-14H2,1-2H3/t17-,24-/m1/s1. The van der Waals surface area contributed by atoms with E-state index < -0.39 is 0 Å². The zero-order chi connectivity index (χ0) is 21.7. The van der Waals surface area contributed by atoms with Gasteiger partial charge in [-0.3, -0.25) is 4.98 Å². The molecule has 2 aliphatic rings. The maximum atomic E-state index is 5.47. The third-order valence-electron chi connectivity index (χ3n) is 7.03. The molecule has 1 saturated carbocycles. The largest absolute Gasteiger partial charge is 0.440 e. The Hall–Kier alpha value is -2.71. The molecule has 8 heteroatoms. The van der Waals surface area contributed by atoms with E-state index in [9.17, 15) is 0 Å². The van der Waals surface area contributed by atoms with Crippen LogP contribution in [0.25, 0.3) is 22.5 Å². The zero-order valence-electron chi connectivity index (χ0n) is 18.4. The van der Waals surface area contributed by atoms with E-state index in [-0.39, 0.29) is 0 Å². The van der Waals surface area contributed by atoms with E-state index in [2.05, 4.69) is 55.4 Å². The summed E-state index contributed by atoms with van der Waals surface area (Å²) in [6.45, 7) is 5.41. The fourth-order valence-corrected chi connectivity index (χ4v) is 6.15. The van der Waals surface area contributed by atoms with Gasteiger partial charge in [-0.1, -0.05) is 30.0 Å². The van der Waals surface area contributed by atoms with Gasteiger partial charge in [0.05, 0.1) is 11.2 Å². The average molecular weight is 447 g/mol. The van der Waals surface area contributed by atoms with Crippen LogP contribution in [0.1, 0.15) is 24.1 Å². The van der Waals surface area contributed by atoms with Crippen molar-refractivity contribution in [3.05, 3.63) is 54.2 Å². The van der Waals surface area contributed by atoms with Crippen LogP contribution in [0.4, 0.5) is 0 Å². The highest BCUT2D eigenvalue weighted by Crippen LogP contribution is 2.60. The predicted octanol–water partition coefficient (Wildman–Crippen LogP) is 4.08. The summed E-state index contributed by atoms with van der Waals surface area (Å²) in [6, 6.07) is 10.9. The lowest BCUT2D eigenvalue weighted by atomic mass is 9.91. The highest BCUT2D eigenvalue weighted by molar-refractivity contribution is 7.99. The third kappa shape index (κ3) is 3.24. The number of rotatable bonds is 7. The number of likely N-dealkylation sites (tertiary alicyclic amines) is 1. The second kappa shape index (κ2) is 7.71. The maximum absolute atomic E-state index is 5.47. The van der Waals surface area contributed by atoms with Crippen LogP contribution in [0.3, 0.4) is 0 Å². The van der Waals surface area contributed by atoms with Crippen molar-refractivity contribution in [3.63, 3.8) is 0 Å². The minimum atomic E-state index is 0.336. The molecule has 2 fully saturated rings. The predicted molar refractivity (Wildman–Crippen MR) is 125 cm³/mol. The Balaban J connectivity index is 1.06. The maximum Gasteiger partial charge on any atom is 0.202 e. The highest BCUT2D eigenvalue weighted by Gasteiger charge is 2.60. The van der Waals surface area contributed by atoms with Crippen LogP contribution in [0.2, 0.25) is 0 Å². The van der Waals surface area contributed by atoms with Crippen molar-refractivity contribution in [2.75, 3.05) is 25.4 Å². The Morgan fingerprint density at radius 2 is 2.12 bits per heavy atom. The van der Waals surface area contributed by atoms with Gasteiger partial charge in [0.15, 0.2) is 17.3 Å². The molecule has 2 atom stereocenters. The van der Waals surface area contributed by atoms with Gasteiger partial charge >= 0.3 is 0 Å². The number of fused-ring (bicyclic) bond motifs is 2. The van der Waals surface area contributed by atoms with E-state index >= 15 is 0 Å². The summed E-state index contributed by atoms with van der Waals surface area (Å²) < 4.78 is 7.46. The van der Waals surface area contributed by atoms with Crippen LogP contribution in [0.15, 0.2) is 52.5 Å². The van der Waals surface area contributed by atoms with Gasteiger partial charge in [0.2, 0.25) is 5.82 Å². The van der Waals surface area contributed by atoms with Crippen LogP contribution in [0.5, 0.6) is 0 Å². The fraction of sp³-hybridized carbons (Fsp3) is 0.417. The van der Waals surface area contributed by atoms with Gasteiger partial charge in [0.25, 0.3) is 0 Å². The quantitative estimate of drug-likeness (QED) is 0.313. The van der Waals surface area contributed by atoms with Crippen LogP contribution in [-0.2, 0) is 12.5 Å². The van der Waals surface area contributed by atoms with E-state index in [1.54, 1.807) is 11.8 Å². The Kier molecular flexibility index (Phi) is 4.80. The number of oxazole rings is 1. The molecule has 4 aromatic rings. The Labute approximate surface area is 191 Å². The molecular formula is C24H26N6OS. The molecule has 0 amide bonds. The molecule has 32 heavy (non-hydrogen) atoms. The molecule has 164 valence electrons. The first-order valence-electron chi connectivity index (χ1n) is 11.1. The number of hydrogen-bond acceptors (Lipinski definition) is 7. The summed E-state index contributed by atoms with van der Waals surface area (Å²) in [5, 5.41) is 10.9. The van der Waals surface area contributed by atoms with E-state index in [1.807, 2.05) is 24.7 Å². The molecule has 1 saturated heterocycles. The molecule has 0 radical (unpaired) electrons. The smallest absolute Gasteiger partial charge is 0.202 e. The monoisotopic (exact) mass is 446 g/mol. The van der Waals surface area contributed by atoms with Gasteiger partial charge < -0.3 is 13.9 Å². The van der Waals surface area contributed by atoms with Crippen molar-refractivity contribution in [3.8, 4) is 11.6 Å². The van der Waals surface area contributed by atoms with Crippen molar-refractivity contribution >= 4 is 22.7 Å². The molecule has 1 aromatic carbocycles. The Bertz CT molecular complexity index is 1280. The first kappa shape index (κ1) is 19.9. The Morgan fingerprint density at radius 3 is 3.00 bits per heavy atom. The van der Waals surface area contributed by atoms with Crippen molar-refractivity contribution in [1.82, 2.24) is 29.6 Å². The number of thioether (sulfide) groups is 1. The Morgan fingerprint density at radius 1 is 1.19 bits per heavy atom. The summed E-state index contributed by atoms with van der Waals surface area (Å²) in [4.78, 5) is 11.4. The van der Waals surface area contributed by atoms with Crippen LogP contribution < -0.4 is 0 Å². The lowest BCUT2D eigenvalue weighted by Crippen LogP contribution is -2.28. The van der Waals surface area contributed by atoms with Gasteiger partial charge in [0, 0.05) is 42.9 Å². The second-order valence-corrected chi connectivity index (χ2v) is 10.1. The number of piperidine rings is 1. The summed E-state index contributed by atoms with van der Waals surface area (Å²) in [6.07, 6.45) is 5.79.